The highest BCUT2D eigenvalue weighted by atomic mass is 35.5. The molecule has 4 rings (SSSR count). The molecule has 1 atom stereocenters. The molecule has 0 aliphatic carbocycles. The van der Waals surface area contributed by atoms with Crippen molar-refractivity contribution >= 4 is 35.1 Å². The van der Waals surface area contributed by atoms with Crippen molar-refractivity contribution in [3.8, 4) is 5.69 Å². The summed E-state index contributed by atoms with van der Waals surface area (Å²) in [6.45, 7) is 4.06. The van der Waals surface area contributed by atoms with Crippen molar-refractivity contribution in [3.05, 3.63) is 58.3 Å². The predicted octanol–water partition coefficient (Wildman–Crippen LogP) is 3.65. The second-order valence-corrected chi connectivity index (χ2v) is 7.80. The Morgan fingerprint density at radius 2 is 2.00 bits per heavy atom. The van der Waals surface area contributed by atoms with Gasteiger partial charge in [-0.1, -0.05) is 11.6 Å². The zero-order valence-electron chi connectivity index (χ0n) is 14.7. The molecule has 134 valence electrons. The van der Waals surface area contributed by atoms with Gasteiger partial charge in [0.05, 0.1) is 22.4 Å². The molecule has 0 saturated carbocycles. The number of nitrogens with one attached hydrogen (secondary N) is 1. The van der Waals surface area contributed by atoms with E-state index in [9.17, 15) is 4.79 Å². The number of carbonyl (C=O) groups is 1. The van der Waals surface area contributed by atoms with Crippen LogP contribution >= 0.6 is 23.4 Å². The van der Waals surface area contributed by atoms with E-state index in [0.717, 1.165) is 28.3 Å². The van der Waals surface area contributed by atoms with Crippen molar-refractivity contribution in [3.63, 3.8) is 0 Å². The fourth-order valence-corrected chi connectivity index (χ4v) is 4.71. The predicted molar refractivity (Wildman–Crippen MR) is 104 cm³/mol. The molecule has 1 aromatic carbocycles. The minimum Gasteiger partial charge on any atom is -0.308 e. The van der Waals surface area contributed by atoms with Crippen molar-refractivity contribution in [2.45, 2.75) is 19.1 Å². The van der Waals surface area contributed by atoms with Gasteiger partial charge in [-0.25, -0.2) is 4.98 Å². The minimum atomic E-state index is -0.0455. The van der Waals surface area contributed by atoms with Crippen molar-refractivity contribution in [1.29, 1.82) is 0 Å². The van der Waals surface area contributed by atoms with Crippen LogP contribution in [0.25, 0.3) is 5.69 Å². The number of nitrogens with zero attached hydrogens (tertiary/aromatic N) is 4. The Morgan fingerprint density at radius 3 is 2.65 bits per heavy atom. The molecule has 3 aromatic rings. The maximum Gasteiger partial charge on any atom is 0.235 e. The van der Waals surface area contributed by atoms with Crippen molar-refractivity contribution in [2.75, 3.05) is 11.1 Å². The maximum absolute atomic E-state index is 12.2. The maximum atomic E-state index is 12.2. The van der Waals surface area contributed by atoms with Gasteiger partial charge in [-0.3, -0.25) is 14.0 Å². The van der Waals surface area contributed by atoms with Crippen molar-refractivity contribution < 1.29 is 4.79 Å². The molecule has 26 heavy (non-hydrogen) atoms. The molecule has 1 aliphatic rings. The third-order valence-electron chi connectivity index (χ3n) is 4.62. The van der Waals surface area contributed by atoms with E-state index in [2.05, 4.69) is 22.3 Å². The van der Waals surface area contributed by atoms with E-state index >= 15 is 0 Å². The highest BCUT2D eigenvalue weighted by Gasteiger charge is 2.32. The number of carbonyl (C=O) groups excluding carboxylic acids is 1. The summed E-state index contributed by atoms with van der Waals surface area (Å²) in [5.41, 5.74) is 5.08. The third-order valence-corrected chi connectivity index (χ3v) is 6.10. The van der Waals surface area contributed by atoms with Gasteiger partial charge in [-0.15, -0.1) is 11.8 Å². The molecule has 1 aliphatic heterocycles. The number of aromatic nitrogens is 4. The molecule has 8 heteroatoms. The lowest BCUT2D eigenvalue weighted by Crippen LogP contribution is -2.12. The Kier molecular flexibility index (Phi) is 4.28. The lowest BCUT2D eigenvalue weighted by Gasteiger charge is -2.18. The molecule has 0 bridgehead atoms. The summed E-state index contributed by atoms with van der Waals surface area (Å²) in [5, 5.41) is 8.12. The summed E-state index contributed by atoms with van der Waals surface area (Å²) >= 11 is 7.63. The SMILES string of the molecule is Cc1nn(C)c(C)c1C1SCC(=O)Nc2ncn(-c3ccc(Cl)cc3)c21. The molecule has 0 fully saturated rings. The van der Waals surface area contributed by atoms with Gasteiger partial charge < -0.3 is 5.32 Å². The molecule has 1 amide bonds. The van der Waals surface area contributed by atoms with E-state index in [1.807, 2.05) is 47.5 Å². The lowest BCUT2D eigenvalue weighted by atomic mass is 10.1. The van der Waals surface area contributed by atoms with Crippen LogP contribution < -0.4 is 5.32 Å². The standard InChI is InChI=1S/C18H18ClN5OS/c1-10-15(11(2)23(3)22-10)17-16-18(21-14(25)8-26-17)20-9-24(16)13-6-4-12(19)5-7-13/h4-7,9,17H,8H2,1-3H3,(H,21,25). The van der Waals surface area contributed by atoms with Gasteiger partial charge in [0.1, 0.15) is 6.33 Å². The third kappa shape index (κ3) is 2.81. The number of amides is 1. The Bertz CT molecular complexity index is 992. The fraction of sp³-hybridized carbons (Fsp3) is 0.278. The number of rotatable bonds is 2. The quantitative estimate of drug-likeness (QED) is 0.728. The fourth-order valence-electron chi connectivity index (χ4n) is 3.31. The van der Waals surface area contributed by atoms with Crippen LogP contribution in [0.5, 0.6) is 0 Å². The smallest absolute Gasteiger partial charge is 0.235 e. The Hall–Kier alpha value is -2.25. The molecule has 0 spiro atoms. The first-order valence-electron chi connectivity index (χ1n) is 8.20. The number of hydrogen-bond acceptors (Lipinski definition) is 4. The summed E-state index contributed by atoms with van der Waals surface area (Å²) < 4.78 is 3.90. The molecule has 0 radical (unpaired) electrons. The Balaban J connectivity index is 1.92. The zero-order valence-corrected chi connectivity index (χ0v) is 16.2. The van der Waals surface area contributed by atoms with Gasteiger partial charge >= 0.3 is 0 Å². The zero-order chi connectivity index (χ0) is 18.4. The molecule has 3 heterocycles. The first kappa shape index (κ1) is 17.2. The van der Waals surface area contributed by atoms with Crippen LogP contribution in [0.15, 0.2) is 30.6 Å². The monoisotopic (exact) mass is 387 g/mol. The highest BCUT2D eigenvalue weighted by molar-refractivity contribution is 8.00. The number of aryl methyl sites for hydroxylation is 2. The number of fused-ring (bicyclic) bond motifs is 1. The summed E-state index contributed by atoms with van der Waals surface area (Å²) in [6, 6.07) is 7.59. The molecular weight excluding hydrogens is 370 g/mol. The summed E-state index contributed by atoms with van der Waals surface area (Å²) in [7, 11) is 1.94. The van der Waals surface area contributed by atoms with Crippen LogP contribution in [-0.2, 0) is 11.8 Å². The number of hydrogen-bond donors (Lipinski definition) is 1. The van der Waals surface area contributed by atoms with E-state index in [-0.39, 0.29) is 11.2 Å². The van der Waals surface area contributed by atoms with Crippen LogP contribution in [0.1, 0.15) is 27.9 Å². The van der Waals surface area contributed by atoms with E-state index in [1.54, 1.807) is 18.1 Å². The van der Waals surface area contributed by atoms with Gasteiger partial charge in [0.15, 0.2) is 5.82 Å². The molecule has 1 unspecified atom stereocenters. The lowest BCUT2D eigenvalue weighted by molar-refractivity contribution is -0.113. The first-order valence-corrected chi connectivity index (χ1v) is 9.63. The topological polar surface area (TPSA) is 64.7 Å². The molecule has 0 saturated heterocycles. The number of anilines is 1. The van der Waals surface area contributed by atoms with Gasteiger partial charge in [-0.05, 0) is 38.1 Å². The van der Waals surface area contributed by atoms with Gasteiger partial charge in [0.25, 0.3) is 0 Å². The van der Waals surface area contributed by atoms with Crippen LogP contribution in [0.3, 0.4) is 0 Å². The normalized spacial score (nSPS) is 16.9. The van der Waals surface area contributed by atoms with E-state index < -0.39 is 0 Å². The average Bonchev–Trinajstić information content (AvgIpc) is 3.06. The molecular formula is C18H18ClN5OS. The number of imidazole rings is 1. The second kappa shape index (κ2) is 6.48. The second-order valence-electron chi connectivity index (χ2n) is 6.27. The van der Waals surface area contributed by atoms with Crippen LogP contribution in [-0.4, -0.2) is 31.0 Å². The minimum absolute atomic E-state index is 0.0423. The van der Waals surface area contributed by atoms with Gasteiger partial charge in [-0.2, -0.15) is 5.10 Å². The molecule has 2 aromatic heterocycles. The number of halogens is 1. The number of benzene rings is 1. The highest BCUT2D eigenvalue weighted by Crippen LogP contribution is 2.44. The average molecular weight is 388 g/mol. The van der Waals surface area contributed by atoms with Crippen LogP contribution in [0.2, 0.25) is 5.02 Å². The summed E-state index contributed by atoms with van der Waals surface area (Å²) in [4.78, 5) is 16.6. The first-order chi connectivity index (χ1) is 12.5. The van der Waals surface area contributed by atoms with Gasteiger partial charge in [0.2, 0.25) is 5.91 Å². The summed E-state index contributed by atoms with van der Waals surface area (Å²) in [6.07, 6.45) is 1.74. The van der Waals surface area contributed by atoms with E-state index in [1.165, 1.54) is 0 Å². The van der Waals surface area contributed by atoms with Crippen molar-refractivity contribution in [1.82, 2.24) is 19.3 Å². The molecule has 1 N–H and O–H groups in total. The van der Waals surface area contributed by atoms with E-state index in [4.69, 9.17) is 11.6 Å². The van der Waals surface area contributed by atoms with Crippen LogP contribution in [0, 0.1) is 13.8 Å². The summed E-state index contributed by atoms with van der Waals surface area (Å²) in [5.74, 6) is 0.928. The van der Waals surface area contributed by atoms with Crippen molar-refractivity contribution in [2.24, 2.45) is 7.05 Å². The van der Waals surface area contributed by atoms with Gasteiger partial charge in [0, 0.05) is 29.0 Å². The Labute approximate surface area is 160 Å². The van der Waals surface area contributed by atoms with Crippen LogP contribution in [0.4, 0.5) is 5.82 Å². The Morgan fingerprint density at radius 1 is 1.27 bits per heavy atom. The van der Waals surface area contributed by atoms with E-state index in [0.29, 0.717) is 16.6 Å². The largest absolute Gasteiger partial charge is 0.308 e. The number of thioether (sulfide) groups is 1. The molecule has 6 nitrogen and oxygen atoms in total.